The zero-order valence-corrected chi connectivity index (χ0v) is 12.9. The lowest BCUT2D eigenvalue weighted by Crippen LogP contribution is -1.88. The third-order valence-electron chi connectivity index (χ3n) is 4.01. The second-order valence-electron chi connectivity index (χ2n) is 5.71. The van der Waals surface area contributed by atoms with Gasteiger partial charge < -0.3 is 0 Å². The molecule has 3 aromatic rings. The number of hydrogen-bond donors (Lipinski definition) is 0. The van der Waals surface area contributed by atoms with E-state index in [4.69, 9.17) is 0 Å². The summed E-state index contributed by atoms with van der Waals surface area (Å²) >= 11 is 0. The maximum absolute atomic E-state index is 2.29. The van der Waals surface area contributed by atoms with Gasteiger partial charge in [-0.1, -0.05) is 72.3 Å². The zero-order valence-electron chi connectivity index (χ0n) is 12.9. The van der Waals surface area contributed by atoms with Crippen LogP contribution in [-0.2, 0) is 0 Å². The molecule has 3 aromatic carbocycles. The van der Waals surface area contributed by atoms with Gasteiger partial charge in [0, 0.05) is 0 Å². The number of hydrogen-bond acceptors (Lipinski definition) is 0. The predicted octanol–water partition coefficient (Wildman–Crippen LogP) is 5.95. The van der Waals surface area contributed by atoms with Crippen molar-refractivity contribution in [2.75, 3.05) is 0 Å². The summed E-state index contributed by atoms with van der Waals surface area (Å²) in [7, 11) is 0. The van der Waals surface area contributed by atoms with E-state index < -0.39 is 0 Å². The molecular formula is C21H20. The lowest BCUT2D eigenvalue weighted by Gasteiger charge is -2.11. The quantitative estimate of drug-likeness (QED) is 0.541. The fraction of sp³-hybridized carbons (Fsp3) is 0.143. The molecule has 0 aliphatic carbocycles. The Morgan fingerprint density at radius 1 is 0.524 bits per heavy atom. The van der Waals surface area contributed by atoms with Crippen molar-refractivity contribution in [1.82, 2.24) is 0 Å². The van der Waals surface area contributed by atoms with Crippen molar-refractivity contribution in [2.45, 2.75) is 20.8 Å². The summed E-state index contributed by atoms with van der Waals surface area (Å²) in [5, 5.41) is 0. The summed E-state index contributed by atoms with van der Waals surface area (Å²) in [6.45, 7) is 6.50. The predicted molar refractivity (Wildman–Crippen MR) is 91.5 cm³/mol. The molecule has 21 heavy (non-hydrogen) atoms. The normalized spacial score (nSPS) is 10.6. The molecule has 0 saturated carbocycles. The lowest BCUT2D eigenvalue weighted by molar-refractivity contribution is 1.41. The number of benzene rings is 3. The highest BCUT2D eigenvalue weighted by Gasteiger charge is 2.06. The maximum atomic E-state index is 2.29. The fourth-order valence-corrected chi connectivity index (χ4v) is 2.86. The molecule has 0 aliphatic rings. The summed E-state index contributed by atoms with van der Waals surface area (Å²) in [6.07, 6.45) is 0. The number of aryl methyl sites for hydroxylation is 3. The van der Waals surface area contributed by atoms with Gasteiger partial charge in [-0.3, -0.25) is 0 Å². The molecule has 0 atom stereocenters. The molecule has 0 bridgehead atoms. The molecule has 0 unspecified atom stereocenters. The van der Waals surface area contributed by atoms with Crippen LogP contribution in [0.1, 0.15) is 16.7 Å². The summed E-state index contributed by atoms with van der Waals surface area (Å²) in [5.41, 5.74) is 9.16. The molecular weight excluding hydrogens is 252 g/mol. The van der Waals surface area contributed by atoms with Crippen LogP contribution >= 0.6 is 0 Å². The summed E-state index contributed by atoms with van der Waals surface area (Å²) in [5.74, 6) is 0. The van der Waals surface area contributed by atoms with Crippen LogP contribution in [-0.4, -0.2) is 0 Å². The third-order valence-corrected chi connectivity index (χ3v) is 4.01. The first-order valence-electron chi connectivity index (χ1n) is 7.39. The standard InChI is InChI=1S/C21H20/c1-15-7-6-9-18(13-15)21-12-11-19(14-17(21)3)20-10-5-4-8-16(20)2/h4-14H,1-3H3. The second-order valence-corrected chi connectivity index (χ2v) is 5.71. The van der Waals surface area contributed by atoms with E-state index in [2.05, 4.69) is 87.5 Å². The van der Waals surface area contributed by atoms with Crippen molar-refractivity contribution in [3.05, 3.63) is 83.4 Å². The van der Waals surface area contributed by atoms with Gasteiger partial charge in [0.1, 0.15) is 0 Å². The van der Waals surface area contributed by atoms with Gasteiger partial charge in [0.15, 0.2) is 0 Å². The van der Waals surface area contributed by atoms with Gasteiger partial charge in [0.25, 0.3) is 0 Å². The van der Waals surface area contributed by atoms with E-state index in [1.165, 1.54) is 38.9 Å². The molecule has 0 fully saturated rings. The van der Waals surface area contributed by atoms with Gasteiger partial charge in [-0.2, -0.15) is 0 Å². The van der Waals surface area contributed by atoms with Crippen molar-refractivity contribution in [1.29, 1.82) is 0 Å². The number of rotatable bonds is 2. The van der Waals surface area contributed by atoms with Crippen molar-refractivity contribution in [3.63, 3.8) is 0 Å². The van der Waals surface area contributed by atoms with Gasteiger partial charge in [-0.05, 0) is 54.2 Å². The minimum Gasteiger partial charge on any atom is -0.0620 e. The highest BCUT2D eigenvalue weighted by atomic mass is 14.1. The van der Waals surface area contributed by atoms with Crippen LogP contribution in [0.2, 0.25) is 0 Å². The first-order valence-corrected chi connectivity index (χ1v) is 7.39. The average Bonchev–Trinajstić information content (AvgIpc) is 2.47. The van der Waals surface area contributed by atoms with E-state index in [9.17, 15) is 0 Å². The molecule has 0 saturated heterocycles. The smallest absolute Gasteiger partial charge is 0.0154 e. The lowest BCUT2D eigenvalue weighted by atomic mass is 9.93. The Morgan fingerprint density at radius 3 is 1.95 bits per heavy atom. The minimum atomic E-state index is 1.29. The van der Waals surface area contributed by atoms with Gasteiger partial charge in [-0.15, -0.1) is 0 Å². The van der Waals surface area contributed by atoms with E-state index in [-0.39, 0.29) is 0 Å². The summed E-state index contributed by atoms with van der Waals surface area (Å²) in [4.78, 5) is 0. The van der Waals surface area contributed by atoms with E-state index >= 15 is 0 Å². The zero-order chi connectivity index (χ0) is 14.8. The summed E-state index contributed by atoms with van der Waals surface area (Å²) in [6, 6.07) is 24.0. The molecule has 0 aromatic heterocycles. The van der Waals surface area contributed by atoms with Gasteiger partial charge in [-0.25, -0.2) is 0 Å². The third kappa shape index (κ3) is 2.75. The molecule has 0 amide bonds. The summed E-state index contributed by atoms with van der Waals surface area (Å²) < 4.78 is 0. The first kappa shape index (κ1) is 13.6. The Labute approximate surface area is 127 Å². The van der Waals surface area contributed by atoms with Crippen molar-refractivity contribution < 1.29 is 0 Å². The molecule has 104 valence electrons. The molecule has 3 rings (SSSR count). The molecule has 0 nitrogen and oxygen atoms in total. The van der Waals surface area contributed by atoms with Crippen molar-refractivity contribution >= 4 is 0 Å². The molecule has 0 heterocycles. The molecule has 0 aliphatic heterocycles. The van der Waals surface area contributed by atoms with Crippen molar-refractivity contribution in [2.24, 2.45) is 0 Å². The Bertz CT molecular complexity index is 782. The van der Waals surface area contributed by atoms with Crippen LogP contribution in [0, 0.1) is 20.8 Å². The van der Waals surface area contributed by atoms with Crippen molar-refractivity contribution in [3.8, 4) is 22.3 Å². The second kappa shape index (κ2) is 5.57. The molecule has 0 heteroatoms. The van der Waals surface area contributed by atoms with Gasteiger partial charge in [0.2, 0.25) is 0 Å². The SMILES string of the molecule is Cc1cccc(-c2ccc(-c3ccccc3C)cc2C)c1. The van der Waals surface area contributed by atoms with Gasteiger partial charge >= 0.3 is 0 Å². The largest absolute Gasteiger partial charge is 0.0620 e. The Hall–Kier alpha value is -2.34. The highest BCUT2D eigenvalue weighted by Crippen LogP contribution is 2.30. The molecule has 0 radical (unpaired) electrons. The Balaban J connectivity index is 2.07. The molecule has 0 N–H and O–H groups in total. The Morgan fingerprint density at radius 2 is 1.24 bits per heavy atom. The maximum Gasteiger partial charge on any atom is -0.0154 e. The Kier molecular flexibility index (Phi) is 3.62. The van der Waals surface area contributed by atoms with Crippen LogP contribution < -0.4 is 0 Å². The van der Waals surface area contributed by atoms with Crippen LogP contribution in [0.4, 0.5) is 0 Å². The van der Waals surface area contributed by atoms with E-state index in [0.717, 1.165) is 0 Å². The van der Waals surface area contributed by atoms with E-state index in [0.29, 0.717) is 0 Å². The van der Waals surface area contributed by atoms with Crippen LogP contribution in [0.3, 0.4) is 0 Å². The van der Waals surface area contributed by atoms with Gasteiger partial charge in [0.05, 0.1) is 0 Å². The van der Waals surface area contributed by atoms with E-state index in [1.807, 2.05) is 0 Å². The topological polar surface area (TPSA) is 0 Å². The highest BCUT2D eigenvalue weighted by molar-refractivity contribution is 5.75. The minimum absolute atomic E-state index is 1.29. The fourth-order valence-electron chi connectivity index (χ4n) is 2.86. The van der Waals surface area contributed by atoms with Crippen LogP contribution in [0.5, 0.6) is 0 Å². The molecule has 0 spiro atoms. The van der Waals surface area contributed by atoms with E-state index in [1.54, 1.807) is 0 Å². The van der Waals surface area contributed by atoms with Crippen LogP contribution in [0.25, 0.3) is 22.3 Å². The monoisotopic (exact) mass is 272 g/mol. The average molecular weight is 272 g/mol. The van der Waals surface area contributed by atoms with Crippen LogP contribution in [0.15, 0.2) is 66.7 Å². The first-order chi connectivity index (χ1) is 10.1.